The van der Waals surface area contributed by atoms with Gasteiger partial charge in [-0.05, 0) is 30.5 Å². The molecule has 1 aromatic carbocycles. The molecule has 1 aromatic rings. The van der Waals surface area contributed by atoms with E-state index >= 15 is 0 Å². The molecule has 0 saturated heterocycles. The van der Waals surface area contributed by atoms with Crippen molar-refractivity contribution in [2.75, 3.05) is 20.8 Å². The Morgan fingerprint density at radius 3 is 2.33 bits per heavy atom. The number of primary amides is 1. The first kappa shape index (κ1) is 25.3. The Labute approximate surface area is 178 Å². The van der Waals surface area contributed by atoms with Crippen molar-refractivity contribution in [3.8, 4) is 11.5 Å². The zero-order valence-electron chi connectivity index (χ0n) is 18.3. The molecule has 30 heavy (non-hydrogen) atoms. The van der Waals surface area contributed by atoms with Crippen molar-refractivity contribution in [1.82, 2.24) is 10.6 Å². The maximum Gasteiger partial charge on any atom is 0.240 e. The Morgan fingerprint density at radius 2 is 1.70 bits per heavy atom. The number of hydrogen-bond donors (Lipinski definition) is 3. The molecule has 0 aliphatic heterocycles. The predicted molar refractivity (Wildman–Crippen MR) is 115 cm³/mol. The molecule has 1 rings (SSSR count). The number of ether oxygens (including phenoxy) is 2. The van der Waals surface area contributed by atoms with Crippen molar-refractivity contribution >= 4 is 17.7 Å². The second-order valence-corrected chi connectivity index (χ2v) is 7.18. The number of amides is 3. The SMILES string of the molecule is CCCCCCCC(=O)N[C@H](CC(=O)NCCc1ccc(OC)c(OC)c1)C(N)=O. The van der Waals surface area contributed by atoms with Crippen LogP contribution in [0.15, 0.2) is 18.2 Å². The quantitative estimate of drug-likeness (QED) is 0.375. The van der Waals surface area contributed by atoms with Crippen molar-refractivity contribution in [1.29, 1.82) is 0 Å². The van der Waals surface area contributed by atoms with Crippen molar-refractivity contribution in [3.63, 3.8) is 0 Å². The van der Waals surface area contributed by atoms with Gasteiger partial charge in [0.25, 0.3) is 0 Å². The Kier molecular flexibility index (Phi) is 12.0. The molecule has 0 unspecified atom stereocenters. The number of benzene rings is 1. The average molecular weight is 422 g/mol. The molecular weight excluding hydrogens is 386 g/mol. The second-order valence-electron chi connectivity index (χ2n) is 7.18. The second kappa shape index (κ2) is 14.3. The highest BCUT2D eigenvalue weighted by Gasteiger charge is 2.21. The van der Waals surface area contributed by atoms with Crippen molar-refractivity contribution in [2.45, 2.75) is 64.3 Å². The van der Waals surface area contributed by atoms with Gasteiger partial charge in [-0.1, -0.05) is 38.7 Å². The number of unbranched alkanes of at least 4 members (excludes halogenated alkanes) is 4. The summed E-state index contributed by atoms with van der Waals surface area (Å²) in [6, 6.07) is 4.53. The van der Waals surface area contributed by atoms with Crippen LogP contribution >= 0.6 is 0 Å². The summed E-state index contributed by atoms with van der Waals surface area (Å²) in [5.41, 5.74) is 6.32. The minimum atomic E-state index is -1.01. The molecule has 0 radical (unpaired) electrons. The third-order valence-electron chi connectivity index (χ3n) is 4.76. The summed E-state index contributed by atoms with van der Waals surface area (Å²) in [6.07, 6.45) is 5.83. The van der Waals surface area contributed by atoms with E-state index in [1.807, 2.05) is 12.1 Å². The van der Waals surface area contributed by atoms with Crippen molar-refractivity contribution in [3.05, 3.63) is 23.8 Å². The van der Waals surface area contributed by atoms with Gasteiger partial charge in [0, 0.05) is 13.0 Å². The van der Waals surface area contributed by atoms with Crippen LogP contribution in [0.2, 0.25) is 0 Å². The summed E-state index contributed by atoms with van der Waals surface area (Å²) in [5, 5.41) is 5.32. The lowest BCUT2D eigenvalue weighted by Crippen LogP contribution is -2.47. The van der Waals surface area contributed by atoms with Crippen LogP contribution in [0.3, 0.4) is 0 Å². The van der Waals surface area contributed by atoms with Crippen LogP contribution in [0.5, 0.6) is 11.5 Å². The average Bonchev–Trinajstić information content (AvgIpc) is 2.72. The molecule has 0 heterocycles. The minimum absolute atomic E-state index is 0.178. The highest BCUT2D eigenvalue weighted by Crippen LogP contribution is 2.27. The maximum atomic E-state index is 12.2. The first-order valence-electron chi connectivity index (χ1n) is 10.5. The summed E-state index contributed by atoms with van der Waals surface area (Å²) in [7, 11) is 3.13. The van der Waals surface area contributed by atoms with E-state index in [1.54, 1.807) is 20.3 Å². The fourth-order valence-electron chi connectivity index (χ4n) is 3.02. The number of nitrogens with two attached hydrogens (primary N) is 1. The van der Waals surface area contributed by atoms with E-state index in [0.717, 1.165) is 37.7 Å². The summed E-state index contributed by atoms with van der Waals surface area (Å²) in [4.78, 5) is 35.8. The predicted octanol–water partition coefficient (Wildman–Crippen LogP) is 2.08. The first-order valence-corrected chi connectivity index (χ1v) is 10.5. The number of carbonyl (C=O) groups excluding carboxylic acids is 3. The minimum Gasteiger partial charge on any atom is -0.493 e. The number of carbonyl (C=O) groups is 3. The van der Waals surface area contributed by atoms with Gasteiger partial charge in [0.1, 0.15) is 6.04 Å². The molecule has 8 heteroatoms. The smallest absolute Gasteiger partial charge is 0.240 e. The molecule has 0 aromatic heterocycles. The molecule has 4 N–H and O–H groups in total. The van der Waals surface area contributed by atoms with E-state index in [2.05, 4.69) is 17.6 Å². The van der Waals surface area contributed by atoms with Crippen LogP contribution in [0.1, 0.15) is 57.4 Å². The van der Waals surface area contributed by atoms with E-state index in [1.165, 1.54) is 0 Å². The van der Waals surface area contributed by atoms with Crippen molar-refractivity contribution < 1.29 is 23.9 Å². The third-order valence-corrected chi connectivity index (χ3v) is 4.76. The highest BCUT2D eigenvalue weighted by atomic mass is 16.5. The van der Waals surface area contributed by atoms with Crippen LogP contribution in [0, 0.1) is 0 Å². The van der Waals surface area contributed by atoms with Crippen LogP contribution in [-0.4, -0.2) is 44.5 Å². The topological polar surface area (TPSA) is 120 Å². The lowest BCUT2D eigenvalue weighted by atomic mass is 10.1. The molecular formula is C22H35N3O5. The zero-order chi connectivity index (χ0) is 22.4. The number of hydrogen-bond acceptors (Lipinski definition) is 5. The van der Waals surface area contributed by atoms with Gasteiger partial charge in [0.2, 0.25) is 17.7 Å². The molecule has 168 valence electrons. The van der Waals surface area contributed by atoms with E-state index < -0.39 is 11.9 Å². The van der Waals surface area contributed by atoms with E-state index in [4.69, 9.17) is 15.2 Å². The normalized spacial score (nSPS) is 11.4. The monoisotopic (exact) mass is 421 g/mol. The summed E-state index contributed by atoms with van der Waals surface area (Å²) >= 11 is 0. The summed E-state index contributed by atoms with van der Waals surface area (Å²) in [6.45, 7) is 2.51. The lowest BCUT2D eigenvalue weighted by molar-refractivity contribution is -0.130. The molecule has 1 atom stereocenters. The molecule has 3 amide bonds. The molecule has 0 aliphatic carbocycles. The fourth-order valence-corrected chi connectivity index (χ4v) is 3.02. The largest absolute Gasteiger partial charge is 0.493 e. The van der Waals surface area contributed by atoms with Gasteiger partial charge in [0.15, 0.2) is 11.5 Å². The molecule has 0 aliphatic rings. The Morgan fingerprint density at radius 1 is 1.00 bits per heavy atom. The van der Waals surface area contributed by atoms with Crippen molar-refractivity contribution in [2.24, 2.45) is 5.73 Å². The van der Waals surface area contributed by atoms with E-state index in [0.29, 0.717) is 30.9 Å². The number of nitrogens with one attached hydrogen (secondary N) is 2. The van der Waals surface area contributed by atoms with Gasteiger partial charge < -0.3 is 25.8 Å². The lowest BCUT2D eigenvalue weighted by Gasteiger charge is -2.15. The van der Waals surface area contributed by atoms with Crippen LogP contribution in [-0.2, 0) is 20.8 Å². The molecule has 0 fully saturated rings. The van der Waals surface area contributed by atoms with Gasteiger partial charge in [0.05, 0.1) is 20.6 Å². The molecule has 8 nitrogen and oxygen atoms in total. The zero-order valence-corrected chi connectivity index (χ0v) is 18.3. The number of methoxy groups -OCH3 is 2. The Hall–Kier alpha value is -2.77. The summed E-state index contributed by atoms with van der Waals surface area (Å²) < 4.78 is 10.5. The van der Waals surface area contributed by atoms with Gasteiger partial charge in [-0.25, -0.2) is 0 Å². The first-order chi connectivity index (χ1) is 14.4. The highest BCUT2D eigenvalue weighted by molar-refractivity contribution is 5.91. The summed E-state index contributed by atoms with van der Waals surface area (Å²) in [5.74, 6) is -0.0662. The van der Waals surface area contributed by atoms with Crippen LogP contribution in [0.25, 0.3) is 0 Å². The van der Waals surface area contributed by atoms with Crippen LogP contribution in [0.4, 0.5) is 0 Å². The standard InChI is InChI=1S/C22H35N3O5/c1-4-5-6-7-8-9-20(26)25-17(22(23)28)15-21(27)24-13-12-16-10-11-18(29-2)19(14-16)30-3/h10-11,14,17H,4-9,12-13,15H2,1-3H3,(H2,23,28)(H,24,27)(H,25,26)/t17-/m1/s1. The fraction of sp³-hybridized carbons (Fsp3) is 0.591. The Balaban J connectivity index is 2.41. The van der Waals surface area contributed by atoms with E-state index in [-0.39, 0.29) is 18.2 Å². The molecule has 0 spiro atoms. The Bertz CT molecular complexity index is 693. The van der Waals surface area contributed by atoms with Gasteiger partial charge in [-0.2, -0.15) is 0 Å². The molecule has 0 bridgehead atoms. The van der Waals surface area contributed by atoms with Gasteiger partial charge in [-0.15, -0.1) is 0 Å². The van der Waals surface area contributed by atoms with Gasteiger partial charge in [-0.3, -0.25) is 14.4 Å². The number of rotatable bonds is 15. The molecule has 0 saturated carbocycles. The van der Waals surface area contributed by atoms with Crippen LogP contribution < -0.4 is 25.8 Å². The van der Waals surface area contributed by atoms with Gasteiger partial charge >= 0.3 is 0 Å². The maximum absolute atomic E-state index is 12.2. The third kappa shape index (κ3) is 9.62. The van der Waals surface area contributed by atoms with E-state index in [9.17, 15) is 14.4 Å².